The summed E-state index contributed by atoms with van der Waals surface area (Å²) in [5.41, 5.74) is 1.70. The topological polar surface area (TPSA) is 55.8 Å². The van der Waals surface area contributed by atoms with E-state index in [0.29, 0.717) is 23.8 Å². The zero-order valence-corrected chi connectivity index (χ0v) is 14.0. The normalized spacial score (nSPS) is 15.3. The van der Waals surface area contributed by atoms with Gasteiger partial charge in [0.25, 0.3) is 0 Å². The molecular formula is C18H20ClN3O2. The van der Waals surface area contributed by atoms with Crippen molar-refractivity contribution in [3.05, 3.63) is 59.1 Å². The lowest BCUT2D eigenvalue weighted by Crippen LogP contribution is -2.49. The van der Waals surface area contributed by atoms with Crippen LogP contribution in [0.1, 0.15) is 5.56 Å². The maximum absolute atomic E-state index is 12.3. The molecule has 0 aliphatic carbocycles. The minimum Gasteiger partial charge on any atom is -0.508 e. The Balaban J connectivity index is 1.51. The molecule has 2 aromatic rings. The number of phenols is 1. The van der Waals surface area contributed by atoms with Crippen LogP contribution in [-0.2, 0) is 6.54 Å². The summed E-state index contributed by atoms with van der Waals surface area (Å²) in [6.07, 6.45) is 0. The zero-order valence-electron chi connectivity index (χ0n) is 13.3. The predicted molar refractivity (Wildman–Crippen MR) is 95.4 cm³/mol. The Morgan fingerprint density at radius 1 is 1.08 bits per heavy atom. The first-order valence-corrected chi connectivity index (χ1v) is 8.30. The SMILES string of the molecule is O=C(Nc1ccccc1Cl)N1CCN(Cc2cccc(O)c2)CC1. The highest BCUT2D eigenvalue weighted by molar-refractivity contribution is 6.33. The Morgan fingerprint density at radius 3 is 2.54 bits per heavy atom. The molecule has 0 aromatic heterocycles. The number of carbonyl (C=O) groups is 1. The Hall–Kier alpha value is -2.24. The van der Waals surface area contributed by atoms with Gasteiger partial charge in [-0.25, -0.2) is 4.79 Å². The molecule has 2 aromatic carbocycles. The number of hydrogen-bond acceptors (Lipinski definition) is 3. The van der Waals surface area contributed by atoms with E-state index in [1.807, 2.05) is 24.3 Å². The van der Waals surface area contributed by atoms with E-state index in [1.54, 1.807) is 29.2 Å². The van der Waals surface area contributed by atoms with E-state index in [-0.39, 0.29) is 11.8 Å². The molecule has 0 atom stereocenters. The van der Waals surface area contributed by atoms with Crippen LogP contribution < -0.4 is 5.32 Å². The number of urea groups is 1. The number of amides is 2. The molecule has 0 saturated carbocycles. The van der Waals surface area contributed by atoms with Gasteiger partial charge in [-0.3, -0.25) is 4.90 Å². The third kappa shape index (κ3) is 4.19. The van der Waals surface area contributed by atoms with Gasteiger partial charge in [0.15, 0.2) is 0 Å². The number of nitrogens with zero attached hydrogens (tertiary/aromatic N) is 2. The number of aromatic hydroxyl groups is 1. The van der Waals surface area contributed by atoms with Crippen LogP contribution in [0.4, 0.5) is 10.5 Å². The minimum absolute atomic E-state index is 0.125. The number of anilines is 1. The smallest absolute Gasteiger partial charge is 0.321 e. The number of phenolic OH excluding ortho intramolecular Hbond substituents is 1. The van der Waals surface area contributed by atoms with Crippen molar-refractivity contribution in [2.24, 2.45) is 0 Å². The van der Waals surface area contributed by atoms with Gasteiger partial charge in [0.05, 0.1) is 10.7 Å². The minimum atomic E-state index is -0.125. The number of para-hydroxylation sites is 1. The molecule has 24 heavy (non-hydrogen) atoms. The van der Waals surface area contributed by atoms with Crippen molar-refractivity contribution in [1.82, 2.24) is 9.80 Å². The van der Waals surface area contributed by atoms with Gasteiger partial charge in [0, 0.05) is 32.7 Å². The van der Waals surface area contributed by atoms with Crippen molar-refractivity contribution in [2.75, 3.05) is 31.5 Å². The molecule has 2 N–H and O–H groups in total. The highest BCUT2D eigenvalue weighted by Gasteiger charge is 2.21. The highest BCUT2D eigenvalue weighted by Crippen LogP contribution is 2.21. The molecule has 126 valence electrons. The second kappa shape index (κ2) is 7.55. The molecule has 1 fully saturated rings. The fraction of sp³-hybridized carbons (Fsp3) is 0.278. The van der Waals surface area contributed by atoms with E-state index in [2.05, 4.69) is 10.2 Å². The summed E-state index contributed by atoms with van der Waals surface area (Å²) in [7, 11) is 0. The molecule has 6 heteroatoms. The number of halogens is 1. The van der Waals surface area contributed by atoms with Crippen LogP contribution >= 0.6 is 11.6 Å². The lowest BCUT2D eigenvalue weighted by Gasteiger charge is -2.34. The molecule has 1 heterocycles. The van der Waals surface area contributed by atoms with E-state index < -0.39 is 0 Å². The number of carbonyl (C=O) groups excluding carboxylic acids is 1. The van der Waals surface area contributed by atoms with Crippen LogP contribution in [0.3, 0.4) is 0 Å². The Labute approximate surface area is 146 Å². The second-order valence-corrected chi connectivity index (χ2v) is 6.25. The molecular weight excluding hydrogens is 326 g/mol. The van der Waals surface area contributed by atoms with E-state index in [4.69, 9.17) is 11.6 Å². The highest BCUT2D eigenvalue weighted by atomic mass is 35.5. The molecule has 1 saturated heterocycles. The summed E-state index contributed by atoms with van der Waals surface area (Å²) in [4.78, 5) is 16.4. The van der Waals surface area contributed by atoms with Crippen LogP contribution in [0.2, 0.25) is 5.02 Å². The van der Waals surface area contributed by atoms with Gasteiger partial charge >= 0.3 is 6.03 Å². The van der Waals surface area contributed by atoms with Crippen LogP contribution in [0, 0.1) is 0 Å². The molecule has 2 amide bonds. The Bertz CT molecular complexity index is 715. The number of hydrogen-bond donors (Lipinski definition) is 2. The van der Waals surface area contributed by atoms with Gasteiger partial charge in [0.1, 0.15) is 5.75 Å². The van der Waals surface area contributed by atoms with Gasteiger partial charge in [0.2, 0.25) is 0 Å². The van der Waals surface area contributed by atoms with Gasteiger partial charge in [-0.1, -0.05) is 35.9 Å². The maximum Gasteiger partial charge on any atom is 0.321 e. The molecule has 0 radical (unpaired) electrons. The van der Waals surface area contributed by atoms with Gasteiger partial charge in [-0.15, -0.1) is 0 Å². The van der Waals surface area contributed by atoms with Crippen LogP contribution in [0.25, 0.3) is 0 Å². The molecule has 5 nitrogen and oxygen atoms in total. The van der Waals surface area contributed by atoms with Crippen molar-refractivity contribution in [3.63, 3.8) is 0 Å². The van der Waals surface area contributed by atoms with Crippen molar-refractivity contribution >= 4 is 23.3 Å². The van der Waals surface area contributed by atoms with Crippen molar-refractivity contribution in [2.45, 2.75) is 6.54 Å². The van der Waals surface area contributed by atoms with Crippen LogP contribution in [0.5, 0.6) is 5.75 Å². The molecule has 1 aliphatic rings. The van der Waals surface area contributed by atoms with Gasteiger partial charge < -0.3 is 15.3 Å². The predicted octanol–water partition coefficient (Wildman–Crippen LogP) is 3.40. The summed E-state index contributed by atoms with van der Waals surface area (Å²) in [6.45, 7) is 3.69. The molecule has 1 aliphatic heterocycles. The van der Waals surface area contributed by atoms with Crippen molar-refractivity contribution in [3.8, 4) is 5.75 Å². The van der Waals surface area contributed by atoms with Gasteiger partial charge in [-0.05, 0) is 29.8 Å². The Morgan fingerprint density at radius 2 is 1.83 bits per heavy atom. The monoisotopic (exact) mass is 345 g/mol. The lowest BCUT2D eigenvalue weighted by molar-refractivity contribution is 0.143. The number of nitrogens with one attached hydrogen (secondary N) is 1. The fourth-order valence-electron chi connectivity index (χ4n) is 2.78. The molecule has 0 unspecified atom stereocenters. The lowest BCUT2D eigenvalue weighted by atomic mass is 10.2. The summed E-state index contributed by atoms with van der Waals surface area (Å²) >= 11 is 6.07. The molecule has 3 rings (SSSR count). The first-order valence-electron chi connectivity index (χ1n) is 7.92. The van der Waals surface area contributed by atoms with E-state index >= 15 is 0 Å². The zero-order chi connectivity index (χ0) is 16.9. The maximum atomic E-state index is 12.3. The average Bonchev–Trinajstić information content (AvgIpc) is 2.57. The largest absolute Gasteiger partial charge is 0.508 e. The van der Waals surface area contributed by atoms with Crippen LogP contribution in [-0.4, -0.2) is 47.1 Å². The first-order chi connectivity index (χ1) is 11.6. The van der Waals surface area contributed by atoms with Crippen molar-refractivity contribution in [1.29, 1.82) is 0 Å². The third-order valence-electron chi connectivity index (χ3n) is 4.09. The Kier molecular flexibility index (Phi) is 5.23. The second-order valence-electron chi connectivity index (χ2n) is 5.84. The van der Waals surface area contributed by atoms with Crippen LogP contribution in [0.15, 0.2) is 48.5 Å². The van der Waals surface area contributed by atoms with E-state index in [0.717, 1.165) is 25.2 Å². The first kappa shape index (κ1) is 16.6. The van der Waals surface area contributed by atoms with E-state index in [9.17, 15) is 9.90 Å². The summed E-state index contributed by atoms with van der Waals surface area (Å²) < 4.78 is 0. The average molecular weight is 346 g/mol. The number of piperazine rings is 1. The standard InChI is InChI=1S/C18H20ClN3O2/c19-16-6-1-2-7-17(16)20-18(24)22-10-8-21(9-11-22)13-14-4-3-5-15(23)12-14/h1-7,12,23H,8-11,13H2,(H,20,24). The third-order valence-corrected chi connectivity index (χ3v) is 4.42. The summed E-state index contributed by atoms with van der Waals surface area (Å²) in [5, 5.41) is 12.9. The quantitative estimate of drug-likeness (QED) is 0.896. The van der Waals surface area contributed by atoms with E-state index in [1.165, 1.54) is 0 Å². The number of benzene rings is 2. The number of rotatable bonds is 3. The fourth-order valence-corrected chi connectivity index (χ4v) is 2.96. The molecule has 0 spiro atoms. The van der Waals surface area contributed by atoms with Crippen molar-refractivity contribution < 1.29 is 9.90 Å². The summed E-state index contributed by atoms with van der Waals surface area (Å²) in [5.74, 6) is 0.283. The molecule has 0 bridgehead atoms. The summed E-state index contributed by atoms with van der Waals surface area (Å²) in [6, 6.07) is 14.4. The van der Waals surface area contributed by atoms with Gasteiger partial charge in [-0.2, -0.15) is 0 Å².